The first-order valence-corrected chi connectivity index (χ1v) is 10.8. The number of benzene rings is 2. The van der Waals surface area contributed by atoms with E-state index in [-0.39, 0.29) is 5.91 Å². The Kier molecular flexibility index (Phi) is 9.06. The van der Waals surface area contributed by atoms with Gasteiger partial charge in [-0.1, -0.05) is 57.4 Å². The number of carbonyl (C=O) groups excluding carboxylic acids is 1. The minimum absolute atomic E-state index is 0.107. The minimum atomic E-state index is 0.107. The molecule has 2 aromatic carbocycles. The van der Waals surface area contributed by atoms with Gasteiger partial charge in [0.05, 0.1) is 0 Å². The van der Waals surface area contributed by atoms with Crippen LogP contribution in [0.3, 0.4) is 0 Å². The largest absolute Gasteiger partial charge is 0.385 e. The molecule has 0 unspecified atom stereocenters. The van der Waals surface area contributed by atoms with Crippen LogP contribution in [0.2, 0.25) is 0 Å². The van der Waals surface area contributed by atoms with Crippen molar-refractivity contribution in [3.05, 3.63) is 58.7 Å². The Bertz CT molecular complexity index is 767. The molecule has 3 heteroatoms. The average Bonchev–Trinajstić information content (AvgIpc) is 2.67. The van der Waals surface area contributed by atoms with E-state index in [0.29, 0.717) is 6.42 Å². The second-order valence-electron chi connectivity index (χ2n) is 7.76. The molecule has 2 N–H and O–H groups in total. The lowest BCUT2D eigenvalue weighted by atomic mass is 10.00. The summed E-state index contributed by atoms with van der Waals surface area (Å²) < 4.78 is 0. The summed E-state index contributed by atoms with van der Waals surface area (Å²) in [6.45, 7) is 9.61. The van der Waals surface area contributed by atoms with Crippen LogP contribution in [-0.2, 0) is 11.2 Å². The van der Waals surface area contributed by atoms with Gasteiger partial charge in [-0.3, -0.25) is 4.79 Å². The first-order chi connectivity index (χ1) is 13.5. The van der Waals surface area contributed by atoms with Gasteiger partial charge < -0.3 is 10.6 Å². The third-order valence-corrected chi connectivity index (χ3v) is 5.12. The molecule has 28 heavy (non-hydrogen) atoms. The van der Waals surface area contributed by atoms with Crippen LogP contribution in [0.4, 0.5) is 11.4 Å². The van der Waals surface area contributed by atoms with E-state index in [1.807, 2.05) is 6.07 Å². The summed E-state index contributed by atoms with van der Waals surface area (Å²) in [4.78, 5) is 12.0. The Morgan fingerprint density at radius 2 is 1.43 bits per heavy atom. The van der Waals surface area contributed by atoms with Crippen molar-refractivity contribution in [1.29, 1.82) is 0 Å². The molecule has 0 aliphatic carbocycles. The second kappa shape index (κ2) is 11.5. The topological polar surface area (TPSA) is 41.1 Å². The molecule has 0 aromatic heterocycles. The highest BCUT2D eigenvalue weighted by molar-refractivity contribution is 5.91. The highest BCUT2D eigenvalue weighted by Crippen LogP contribution is 2.22. The van der Waals surface area contributed by atoms with Gasteiger partial charge in [-0.05, 0) is 67.5 Å². The number of hydrogen-bond acceptors (Lipinski definition) is 2. The summed E-state index contributed by atoms with van der Waals surface area (Å²) in [6, 6.07) is 13.0. The summed E-state index contributed by atoms with van der Waals surface area (Å²) in [5, 5.41) is 6.58. The normalized spacial score (nSPS) is 10.7. The first kappa shape index (κ1) is 22.0. The molecular formula is C25H36N2O. The highest BCUT2D eigenvalue weighted by Gasteiger charge is 2.07. The van der Waals surface area contributed by atoms with Crippen LogP contribution in [0.1, 0.15) is 74.6 Å². The molecule has 0 fully saturated rings. The molecule has 0 aliphatic rings. The SMILES string of the molecule is CCCCCNc1ccc(Cc2ccc(NC(=O)CCCC)c(C)c2)cc1C. The molecule has 0 saturated carbocycles. The van der Waals surface area contributed by atoms with E-state index in [0.717, 1.165) is 37.1 Å². The van der Waals surface area contributed by atoms with E-state index in [1.165, 1.54) is 41.6 Å². The molecule has 0 bridgehead atoms. The predicted octanol–water partition coefficient (Wildman–Crippen LogP) is 6.63. The van der Waals surface area contributed by atoms with Gasteiger partial charge in [0.1, 0.15) is 0 Å². The lowest BCUT2D eigenvalue weighted by Gasteiger charge is -2.13. The Labute approximate surface area is 170 Å². The standard InChI is InChI=1S/C25H36N2O/c1-5-7-9-15-26-23-13-11-21(16-19(23)3)18-22-12-14-24(20(4)17-22)27-25(28)10-8-6-2/h11-14,16-17,26H,5-10,15,18H2,1-4H3,(H,27,28). The summed E-state index contributed by atoms with van der Waals surface area (Å²) in [5.74, 6) is 0.107. The molecule has 2 aromatic rings. The molecular weight excluding hydrogens is 344 g/mol. The fourth-order valence-corrected chi connectivity index (χ4v) is 3.39. The van der Waals surface area contributed by atoms with Crippen molar-refractivity contribution in [2.45, 2.75) is 72.6 Å². The van der Waals surface area contributed by atoms with Crippen molar-refractivity contribution >= 4 is 17.3 Å². The minimum Gasteiger partial charge on any atom is -0.385 e. The number of anilines is 2. The smallest absolute Gasteiger partial charge is 0.224 e. The van der Waals surface area contributed by atoms with Crippen molar-refractivity contribution in [2.75, 3.05) is 17.2 Å². The number of amides is 1. The first-order valence-electron chi connectivity index (χ1n) is 10.8. The quantitative estimate of drug-likeness (QED) is 0.430. The number of rotatable bonds is 11. The summed E-state index contributed by atoms with van der Waals surface area (Å²) in [6.07, 6.45) is 7.22. The van der Waals surface area contributed by atoms with Crippen LogP contribution < -0.4 is 10.6 Å². The lowest BCUT2D eigenvalue weighted by Crippen LogP contribution is -2.12. The van der Waals surface area contributed by atoms with Crippen LogP contribution >= 0.6 is 0 Å². The molecule has 1 amide bonds. The van der Waals surface area contributed by atoms with Crippen molar-refractivity contribution in [3.63, 3.8) is 0 Å². The molecule has 2 rings (SSSR count). The molecule has 0 heterocycles. The summed E-state index contributed by atoms with van der Waals surface area (Å²) in [5.41, 5.74) is 7.16. The number of carbonyl (C=O) groups is 1. The number of aryl methyl sites for hydroxylation is 2. The van der Waals surface area contributed by atoms with Crippen molar-refractivity contribution < 1.29 is 4.79 Å². The zero-order valence-electron chi connectivity index (χ0n) is 18.0. The van der Waals surface area contributed by atoms with E-state index in [1.54, 1.807) is 0 Å². The highest BCUT2D eigenvalue weighted by atomic mass is 16.1. The van der Waals surface area contributed by atoms with Crippen molar-refractivity contribution in [3.8, 4) is 0 Å². The fourth-order valence-electron chi connectivity index (χ4n) is 3.39. The fraction of sp³-hybridized carbons (Fsp3) is 0.480. The van der Waals surface area contributed by atoms with Crippen molar-refractivity contribution in [1.82, 2.24) is 0 Å². The predicted molar refractivity (Wildman–Crippen MR) is 121 cm³/mol. The van der Waals surface area contributed by atoms with E-state index < -0.39 is 0 Å². The van der Waals surface area contributed by atoms with Crippen LogP contribution in [0.5, 0.6) is 0 Å². The number of nitrogens with one attached hydrogen (secondary N) is 2. The summed E-state index contributed by atoms with van der Waals surface area (Å²) in [7, 11) is 0. The van der Waals surface area contributed by atoms with Gasteiger partial charge in [0.25, 0.3) is 0 Å². The van der Waals surface area contributed by atoms with Gasteiger partial charge in [-0.15, -0.1) is 0 Å². The Morgan fingerprint density at radius 1 is 0.821 bits per heavy atom. The number of hydrogen-bond donors (Lipinski definition) is 2. The van der Waals surface area contributed by atoms with E-state index in [4.69, 9.17) is 0 Å². The van der Waals surface area contributed by atoms with Gasteiger partial charge in [-0.25, -0.2) is 0 Å². The summed E-state index contributed by atoms with van der Waals surface area (Å²) >= 11 is 0. The van der Waals surface area contributed by atoms with Gasteiger partial charge >= 0.3 is 0 Å². The zero-order valence-corrected chi connectivity index (χ0v) is 18.0. The Hall–Kier alpha value is -2.29. The molecule has 0 atom stereocenters. The number of unbranched alkanes of at least 4 members (excludes halogenated alkanes) is 3. The maximum absolute atomic E-state index is 12.0. The average molecular weight is 381 g/mol. The van der Waals surface area contributed by atoms with Crippen LogP contribution in [0, 0.1) is 13.8 Å². The van der Waals surface area contributed by atoms with Gasteiger partial charge in [0, 0.05) is 24.3 Å². The van der Waals surface area contributed by atoms with Gasteiger partial charge in [0.2, 0.25) is 5.91 Å². The molecule has 0 saturated heterocycles. The van der Waals surface area contributed by atoms with Crippen LogP contribution in [0.25, 0.3) is 0 Å². The maximum atomic E-state index is 12.0. The molecule has 0 radical (unpaired) electrons. The van der Waals surface area contributed by atoms with E-state index in [2.05, 4.69) is 68.7 Å². The van der Waals surface area contributed by atoms with Crippen LogP contribution in [-0.4, -0.2) is 12.5 Å². The molecule has 0 aliphatic heterocycles. The van der Waals surface area contributed by atoms with E-state index in [9.17, 15) is 4.79 Å². The van der Waals surface area contributed by atoms with Crippen LogP contribution in [0.15, 0.2) is 36.4 Å². The van der Waals surface area contributed by atoms with Crippen molar-refractivity contribution in [2.24, 2.45) is 0 Å². The van der Waals surface area contributed by atoms with E-state index >= 15 is 0 Å². The molecule has 3 nitrogen and oxygen atoms in total. The zero-order chi connectivity index (χ0) is 20.4. The maximum Gasteiger partial charge on any atom is 0.224 e. The van der Waals surface area contributed by atoms with Gasteiger partial charge in [0.15, 0.2) is 0 Å². The van der Waals surface area contributed by atoms with Gasteiger partial charge in [-0.2, -0.15) is 0 Å². The monoisotopic (exact) mass is 380 g/mol. The third-order valence-electron chi connectivity index (χ3n) is 5.12. The molecule has 152 valence electrons. The lowest BCUT2D eigenvalue weighted by molar-refractivity contribution is -0.116. The Morgan fingerprint density at radius 3 is 2.00 bits per heavy atom. The molecule has 0 spiro atoms. The Balaban J connectivity index is 1.96. The second-order valence-corrected chi connectivity index (χ2v) is 7.76. The third kappa shape index (κ3) is 7.03.